The Bertz CT molecular complexity index is 490. The Balaban J connectivity index is 2.67. The molecular weight excluding hydrogens is 272 g/mol. The van der Waals surface area contributed by atoms with E-state index < -0.39 is 37.0 Å². The fraction of sp³-hybridized carbons (Fsp3) is 0.600. The molecule has 0 aromatic carbocycles. The maximum Gasteiger partial charge on any atom is 0.330 e. The van der Waals surface area contributed by atoms with Gasteiger partial charge in [-0.15, -0.1) is 0 Å². The smallest absolute Gasteiger partial charge is 0.330 e. The summed E-state index contributed by atoms with van der Waals surface area (Å²) in [7, 11) is 0. The number of halogens is 4. The molecule has 0 radical (unpaired) electrons. The lowest BCUT2D eigenvalue weighted by Gasteiger charge is -2.14. The topological polar surface area (TPSA) is 75.2 Å². The lowest BCUT2D eigenvalue weighted by Crippen LogP contribution is -2.32. The van der Waals surface area contributed by atoms with Crippen LogP contribution < -0.4 is 5.56 Å². The Morgan fingerprint density at radius 2 is 2.11 bits per heavy atom. The standard InChI is InChI=1S/C10H12F4N2O3/c1-2-5-7(17)15-6(16-8(5)18)3-19-4-10(13,14)9(11)12/h9H,2-4H2,1H3,(H2,15,16,17,18). The highest BCUT2D eigenvalue weighted by Gasteiger charge is 2.41. The summed E-state index contributed by atoms with van der Waals surface area (Å²) in [5.41, 5.74) is -0.587. The van der Waals surface area contributed by atoms with E-state index in [4.69, 9.17) is 0 Å². The molecule has 1 aromatic rings. The molecule has 0 unspecified atom stereocenters. The second-order valence-electron chi connectivity index (χ2n) is 3.72. The van der Waals surface area contributed by atoms with E-state index in [1.54, 1.807) is 6.92 Å². The van der Waals surface area contributed by atoms with E-state index in [2.05, 4.69) is 14.7 Å². The summed E-state index contributed by atoms with van der Waals surface area (Å²) < 4.78 is 53.0. The minimum Gasteiger partial charge on any atom is -0.493 e. The van der Waals surface area contributed by atoms with Crippen molar-refractivity contribution in [3.8, 4) is 5.88 Å². The van der Waals surface area contributed by atoms with Crippen LogP contribution in [0.5, 0.6) is 5.88 Å². The van der Waals surface area contributed by atoms with Crippen LogP contribution in [0.1, 0.15) is 18.3 Å². The molecule has 0 atom stereocenters. The van der Waals surface area contributed by atoms with Gasteiger partial charge in [0.15, 0.2) is 0 Å². The Morgan fingerprint density at radius 3 is 2.58 bits per heavy atom. The van der Waals surface area contributed by atoms with E-state index in [0.29, 0.717) is 0 Å². The minimum absolute atomic E-state index is 0.0432. The van der Waals surface area contributed by atoms with E-state index in [1.165, 1.54) is 0 Å². The molecule has 0 aliphatic rings. The van der Waals surface area contributed by atoms with Gasteiger partial charge in [-0.2, -0.15) is 13.8 Å². The van der Waals surface area contributed by atoms with Crippen LogP contribution in [0.15, 0.2) is 4.79 Å². The van der Waals surface area contributed by atoms with Crippen LogP contribution in [-0.2, 0) is 17.8 Å². The van der Waals surface area contributed by atoms with Gasteiger partial charge in [-0.3, -0.25) is 4.79 Å². The molecule has 0 saturated carbocycles. The summed E-state index contributed by atoms with van der Waals surface area (Å²) in [6.45, 7) is -0.509. The summed E-state index contributed by atoms with van der Waals surface area (Å²) in [6.07, 6.45) is -3.60. The number of aromatic hydroxyl groups is 1. The van der Waals surface area contributed by atoms with E-state index in [1.807, 2.05) is 0 Å². The predicted molar refractivity (Wildman–Crippen MR) is 56.5 cm³/mol. The highest BCUT2D eigenvalue weighted by Crippen LogP contribution is 2.23. The molecule has 5 nitrogen and oxygen atoms in total. The second kappa shape index (κ2) is 6.00. The molecule has 0 saturated heterocycles. The molecule has 1 aromatic heterocycles. The lowest BCUT2D eigenvalue weighted by molar-refractivity contribution is -0.168. The number of aromatic nitrogens is 2. The van der Waals surface area contributed by atoms with E-state index in [9.17, 15) is 27.5 Å². The zero-order valence-electron chi connectivity index (χ0n) is 9.92. The number of aromatic amines is 1. The van der Waals surface area contributed by atoms with Crippen LogP contribution in [0.2, 0.25) is 0 Å². The van der Waals surface area contributed by atoms with Crippen LogP contribution >= 0.6 is 0 Å². The molecule has 19 heavy (non-hydrogen) atoms. The van der Waals surface area contributed by atoms with Crippen LogP contribution in [0.3, 0.4) is 0 Å². The van der Waals surface area contributed by atoms with Crippen molar-refractivity contribution in [3.63, 3.8) is 0 Å². The molecule has 0 aliphatic heterocycles. The Kier molecular flexibility index (Phi) is 4.87. The van der Waals surface area contributed by atoms with E-state index in [-0.39, 0.29) is 17.8 Å². The number of H-pyrrole nitrogens is 1. The third-order valence-electron chi connectivity index (χ3n) is 2.25. The maximum atomic E-state index is 12.5. The second-order valence-corrected chi connectivity index (χ2v) is 3.72. The van der Waals surface area contributed by atoms with Crippen molar-refractivity contribution in [2.75, 3.05) is 6.61 Å². The van der Waals surface area contributed by atoms with Gasteiger partial charge in [-0.1, -0.05) is 6.92 Å². The molecule has 9 heteroatoms. The lowest BCUT2D eigenvalue weighted by atomic mass is 10.2. The van der Waals surface area contributed by atoms with Crippen LogP contribution in [0, 0.1) is 0 Å². The zero-order chi connectivity index (χ0) is 14.6. The Morgan fingerprint density at radius 1 is 1.47 bits per heavy atom. The zero-order valence-corrected chi connectivity index (χ0v) is 9.92. The molecule has 0 fully saturated rings. The van der Waals surface area contributed by atoms with Gasteiger partial charge >= 0.3 is 12.3 Å². The van der Waals surface area contributed by atoms with Crippen molar-refractivity contribution in [1.82, 2.24) is 9.97 Å². The summed E-state index contributed by atoms with van der Waals surface area (Å²) in [4.78, 5) is 17.1. The van der Waals surface area contributed by atoms with Crippen molar-refractivity contribution < 1.29 is 27.4 Å². The van der Waals surface area contributed by atoms with Gasteiger partial charge in [0.1, 0.15) is 19.0 Å². The number of hydrogen-bond acceptors (Lipinski definition) is 4. The summed E-state index contributed by atoms with van der Waals surface area (Å²) in [6, 6.07) is 0. The molecule has 0 spiro atoms. The number of nitrogens with zero attached hydrogens (tertiary/aromatic N) is 1. The van der Waals surface area contributed by atoms with E-state index >= 15 is 0 Å². The number of rotatable bonds is 6. The SMILES string of the molecule is CCc1c(O)nc(COCC(F)(F)C(F)F)[nH]c1=O. The normalized spacial score (nSPS) is 12.1. The number of alkyl halides is 4. The van der Waals surface area contributed by atoms with Gasteiger partial charge in [0.2, 0.25) is 5.88 Å². The van der Waals surface area contributed by atoms with Gasteiger partial charge in [0.05, 0.1) is 5.56 Å². The predicted octanol–water partition coefficient (Wildman–Crippen LogP) is 1.45. The monoisotopic (exact) mass is 284 g/mol. The molecule has 108 valence electrons. The summed E-state index contributed by atoms with van der Waals surface area (Å²) in [5.74, 6) is -5.03. The van der Waals surface area contributed by atoms with Gasteiger partial charge in [-0.05, 0) is 6.42 Å². The van der Waals surface area contributed by atoms with E-state index in [0.717, 1.165) is 0 Å². The first-order valence-electron chi connectivity index (χ1n) is 5.32. The van der Waals surface area contributed by atoms with Gasteiger partial charge in [0, 0.05) is 0 Å². The highest BCUT2D eigenvalue weighted by atomic mass is 19.3. The molecular formula is C10H12F4N2O3. The third kappa shape index (κ3) is 3.91. The molecule has 0 amide bonds. The fourth-order valence-corrected chi connectivity index (χ4v) is 1.27. The van der Waals surface area contributed by atoms with Crippen molar-refractivity contribution in [2.45, 2.75) is 32.3 Å². The van der Waals surface area contributed by atoms with Gasteiger partial charge in [0.25, 0.3) is 5.56 Å². The minimum atomic E-state index is -4.27. The van der Waals surface area contributed by atoms with Crippen molar-refractivity contribution in [3.05, 3.63) is 21.7 Å². The first-order chi connectivity index (χ1) is 8.77. The van der Waals surface area contributed by atoms with Gasteiger partial charge in [-0.25, -0.2) is 8.78 Å². The van der Waals surface area contributed by atoms with Crippen LogP contribution in [0.4, 0.5) is 17.6 Å². The summed E-state index contributed by atoms with van der Waals surface area (Å²) >= 11 is 0. The highest BCUT2D eigenvalue weighted by molar-refractivity contribution is 5.21. The van der Waals surface area contributed by atoms with Crippen molar-refractivity contribution in [1.29, 1.82) is 0 Å². The average Bonchev–Trinajstić information content (AvgIpc) is 2.28. The molecule has 0 bridgehead atoms. The first kappa shape index (κ1) is 15.4. The first-order valence-corrected chi connectivity index (χ1v) is 5.32. The maximum absolute atomic E-state index is 12.5. The Hall–Kier alpha value is -1.64. The molecule has 2 N–H and O–H groups in total. The Labute approximate surface area is 105 Å². The van der Waals surface area contributed by atoms with Crippen molar-refractivity contribution >= 4 is 0 Å². The van der Waals surface area contributed by atoms with Gasteiger partial charge < -0.3 is 14.8 Å². The quantitative estimate of drug-likeness (QED) is 0.775. The molecule has 0 aliphatic carbocycles. The molecule has 1 heterocycles. The molecule has 1 rings (SSSR count). The fourth-order valence-electron chi connectivity index (χ4n) is 1.27. The number of ether oxygens (including phenoxy) is 1. The number of hydrogen-bond donors (Lipinski definition) is 2. The average molecular weight is 284 g/mol. The van der Waals surface area contributed by atoms with Crippen LogP contribution in [-0.4, -0.2) is 34.0 Å². The van der Waals surface area contributed by atoms with Crippen molar-refractivity contribution in [2.24, 2.45) is 0 Å². The summed E-state index contributed by atoms with van der Waals surface area (Å²) in [5, 5.41) is 9.36. The van der Waals surface area contributed by atoms with Crippen LogP contribution in [0.25, 0.3) is 0 Å². The third-order valence-corrected chi connectivity index (χ3v) is 2.25. The largest absolute Gasteiger partial charge is 0.493 e. The number of nitrogens with one attached hydrogen (secondary N) is 1.